The second-order valence-electron chi connectivity index (χ2n) is 6.24. The molecule has 148 valence electrons. The molecule has 0 unspecified atom stereocenters. The summed E-state index contributed by atoms with van der Waals surface area (Å²) in [5.74, 6) is 0.726. The Bertz CT molecular complexity index is 695. The van der Waals surface area contributed by atoms with Crippen LogP contribution in [0.1, 0.15) is 55.5 Å². The Morgan fingerprint density at radius 3 is 2.52 bits per heavy atom. The van der Waals surface area contributed by atoms with Crippen molar-refractivity contribution in [3.8, 4) is 11.5 Å². The molecule has 1 saturated carbocycles. The first-order chi connectivity index (χ1) is 13.0. The van der Waals surface area contributed by atoms with E-state index in [4.69, 9.17) is 14.6 Å². The Kier molecular flexibility index (Phi) is 7.45. The molecule has 2 amide bonds. The standard InChI is InChI=1S/C19H27N3O5/c1-4-22(5-2)18(23)14-10-11-16(26-3)17(27-13-8-6-7-9-13)15(14)12-20-21-19(24)25/h10-13,21H,4-9H2,1-3H3,(H,24,25). The predicted molar refractivity (Wildman–Crippen MR) is 102 cm³/mol. The summed E-state index contributed by atoms with van der Waals surface area (Å²) in [6, 6.07) is 3.35. The van der Waals surface area contributed by atoms with Crippen LogP contribution in [0.25, 0.3) is 0 Å². The maximum Gasteiger partial charge on any atom is 0.425 e. The molecule has 27 heavy (non-hydrogen) atoms. The van der Waals surface area contributed by atoms with Crippen molar-refractivity contribution in [2.45, 2.75) is 45.6 Å². The summed E-state index contributed by atoms with van der Waals surface area (Å²) >= 11 is 0. The van der Waals surface area contributed by atoms with Gasteiger partial charge in [-0.1, -0.05) is 0 Å². The molecule has 2 N–H and O–H groups in total. The highest BCUT2D eigenvalue weighted by Crippen LogP contribution is 2.36. The van der Waals surface area contributed by atoms with Crippen molar-refractivity contribution < 1.29 is 24.2 Å². The summed E-state index contributed by atoms with van der Waals surface area (Å²) in [6.07, 6.45) is 4.10. The minimum absolute atomic E-state index is 0.0392. The van der Waals surface area contributed by atoms with Gasteiger partial charge in [0.1, 0.15) is 0 Å². The van der Waals surface area contributed by atoms with E-state index in [1.807, 2.05) is 19.3 Å². The van der Waals surface area contributed by atoms with Crippen molar-refractivity contribution >= 4 is 18.2 Å². The zero-order valence-corrected chi connectivity index (χ0v) is 16.0. The number of carbonyl (C=O) groups is 2. The van der Waals surface area contributed by atoms with Crippen LogP contribution in [0.3, 0.4) is 0 Å². The number of carboxylic acid groups (broad SMARTS) is 1. The summed E-state index contributed by atoms with van der Waals surface area (Å²) < 4.78 is 11.6. The lowest BCUT2D eigenvalue weighted by atomic mass is 10.0. The average Bonchev–Trinajstić information content (AvgIpc) is 3.16. The molecule has 0 aliphatic heterocycles. The normalized spacial score (nSPS) is 14.3. The minimum atomic E-state index is -1.29. The predicted octanol–water partition coefficient (Wildman–Crippen LogP) is 3.10. The number of carbonyl (C=O) groups excluding carboxylic acids is 1. The molecule has 1 aliphatic rings. The highest BCUT2D eigenvalue weighted by atomic mass is 16.5. The summed E-state index contributed by atoms with van der Waals surface area (Å²) in [5, 5.41) is 12.5. The molecular weight excluding hydrogens is 350 g/mol. The number of nitrogens with zero attached hydrogens (tertiary/aromatic N) is 2. The van der Waals surface area contributed by atoms with Crippen molar-refractivity contribution in [1.29, 1.82) is 0 Å². The summed E-state index contributed by atoms with van der Waals surface area (Å²) in [4.78, 5) is 25.4. The molecule has 0 radical (unpaired) electrons. The molecule has 0 bridgehead atoms. The van der Waals surface area contributed by atoms with Gasteiger partial charge in [0.15, 0.2) is 11.5 Å². The Labute approximate surface area is 159 Å². The van der Waals surface area contributed by atoms with E-state index in [1.54, 1.807) is 17.0 Å². The van der Waals surface area contributed by atoms with Crippen LogP contribution in [0, 0.1) is 0 Å². The van der Waals surface area contributed by atoms with E-state index in [0.717, 1.165) is 25.7 Å². The van der Waals surface area contributed by atoms with Gasteiger partial charge in [-0.3, -0.25) is 4.79 Å². The maximum absolute atomic E-state index is 12.9. The molecule has 1 aliphatic carbocycles. The van der Waals surface area contributed by atoms with Crippen LogP contribution in [-0.4, -0.2) is 54.5 Å². The molecular formula is C19H27N3O5. The largest absolute Gasteiger partial charge is 0.493 e. The summed E-state index contributed by atoms with van der Waals surface area (Å²) in [7, 11) is 1.53. The average molecular weight is 377 g/mol. The van der Waals surface area contributed by atoms with Gasteiger partial charge < -0.3 is 19.5 Å². The van der Waals surface area contributed by atoms with Gasteiger partial charge in [0.25, 0.3) is 5.91 Å². The number of hydrogen-bond donors (Lipinski definition) is 2. The molecule has 0 atom stereocenters. The van der Waals surface area contributed by atoms with Crippen molar-refractivity contribution in [1.82, 2.24) is 10.3 Å². The van der Waals surface area contributed by atoms with Crippen molar-refractivity contribution in [2.24, 2.45) is 5.10 Å². The number of rotatable bonds is 8. The van der Waals surface area contributed by atoms with Gasteiger partial charge >= 0.3 is 6.09 Å². The van der Waals surface area contributed by atoms with Gasteiger partial charge in [-0.25, -0.2) is 10.2 Å². The number of hydrogen-bond acceptors (Lipinski definition) is 5. The van der Waals surface area contributed by atoms with E-state index < -0.39 is 6.09 Å². The first-order valence-corrected chi connectivity index (χ1v) is 9.20. The molecule has 0 spiro atoms. The SMILES string of the molecule is CCN(CC)C(=O)c1ccc(OC)c(OC2CCCC2)c1C=NNC(=O)O. The quantitative estimate of drug-likeness (QED) is 0.535. The van der Waals surface area contributed by atoms with E-state index in [9.17, 15) is 9.59 Å². The fourth-order valence-electron chi connectivity index (χ4n) is 3.18. The molecule has 1 aromatic rings. The Morgan fingerprint density at radius 1 is 1.30 bits per heavy atom. The van der Waals surface area contributed by atoms with Crippen LogP contribution >= 0.6 is 0 Å². The van der Waals surface area contributed by atoms with E-state index in [2.05, 4.69) is 5.10 Å². The van der Waals surface area contributed by atoms with Crippen LogP contribution in [-0.2, 0) is 0 Å². The number of amides is 2. The van der Waals surface area contributed by atoms with Gasteiger partial charge in [0, 0.05) is 13.1 Å². The smallest absolute Gasteiger partial charge is 0.425 e. The topological polar surface area (TPSA) is 100 Å². The molecule has 0 saturated heterocycles. The lowest BCUT2D eigenvalue weighted by Gasteiger charge is -2.23. The van der Waals surface area contributed by atoms with Gasteiger partial charge in [0.05, 0.1) is 30.6 Å². The number of benzene rings is 1. The van der Waals surface area contributed by atoms with Crippen LogP contribution in [0.4, 0.5) is 4.79 Å². The molecule has 8 heteroatoms. The highest BCUT2D eigenvalue weighted by molar-refractivity contribution is 6.04. The zero-order chi connectivity index (χ0) is 19.8. The molecule has 0 heterocycles. The third-order valence-corrected chi connectivity index (χ3v) is 4.60. The Balaban J connectivity index is 2.51. The van der Waals surface area contributed by atoms with Gasteiger partial charge in [-0.2, -0.15) is 5.10 Å². The number of hydrazone groups is 1. The van der Waals surface area contributed by atoms with Crippen molar-refractivity contribution in [3.05, 3.63) is 23.3 Å². The third-order valence-electron chi connectivity index (χ3n) is 4.60. The second kappa shape index (κ2) is 9.80. The van der Waals surface area contributed by atoms with Crippen molar-refractivity contribution in [3.63, 3.8) is 0 Å². The molecule has 0 aromatic heterocycles. The van der Waals surface area contributed by atoms with Gasteiger partial charge in [0.2, 0.25) is 0 Å². The highest BCUT2D eigenvalue weighted by Gasteiger charge is 2.25. The molecule has 1 fully saturated rings. The lowest BCUT2D eigenvalue weighted by molar-refractivity contribution is 0.0772. The van der Waals surface area contributed by atoms with E-state index in [1.165, 1.54) is 13.3 Å². The fraction of sp³-hybridized carbons (Fsp3) is 0.526. The Hall–Kier alpha value is -2.77. The number of ether oxygens (including phenoxy) is 2. The minimum Gasteiger partial charge on any atom is -0.493 e. The first kappa shape index (κ1) is 20.5. The van der Waals surface area contributed by atoms with E-state index in [0.29, 0.717) is 35.7 Å². The maximum atomic E-state index is 12.9. The van der Waals surface area contributed by atoms with E-state index in [-0.39, 0.29) is 12.0 Å². The Morgan fingerprint density at radius 2 is 1.96 bits per heavy atom. The summed E-state index contributed by atoms with van der Waals surface area (Å²) in [6.45, 7) is 4.93. The molecule has 8 nitrogen and oxygen atoms in total. The number of nitrogens with one attached hydrogen (secondary N) is 1. The van der Waals surface area contributed by atoms with Gasteiger partial charge in [-0.05, 0) is 51.7 Å². The third kappa shape index (κ3) is 5.12. The van der Waals surface area contributed by atoms with Crippen LogP contribution in [0.2, 0.25) is 0 Å². The monoisotopic (exact) mass is 377 g/mol. The fourth-order valence-corrected chi connectivity index (χ4v) is 3.18. The summed E-state index contributed by atoms with van der Waals surface area (Å²) in [5.41, 5.74) is 2.74. The van der Waals surface area contributed by atoms with E-state index >= 15 is 0 Å². The number of methoxy groups -OCH3 is 1. The molecule has 2 rings (SSSR count). The van der Waals surface area contributed by atoms with Gasteiger partial charge in [-0.15, -0.1) is 0 Å². The molecule has 1 aromatic carbocycles. The second-order valence-corrected chi connectivity index (χ2v) is 6.24. The van der Waals surface area contributed by atoms with Crippen molar-refractivity contribution in [2.75, 3.05) is 20.2 Å². The van der Waals surface area contributed by atoms with Crippen LogP contribution in [0.15, 0.2) is 17.2 Å². The van der Waals surface area contributed by atoms with Crippen LogP contribution < -0.4 is 14.9 Å². The first-order valence-electron chi connectivity index (χ1n) is 9.20. The van der Waals surface area contributed by atoms with Crippen LogP contribution in [0.5, 0.6) is 11.5 Å². The lowest BCUT2D eigenvalue weighted by Crippen LogP contribution is -2.31. The zero-order valence-electron chi connectivity index (χ0n) is 16.0.